The molecule has 0 radical (unpaired) electrons. The molecule has 1 unspecified atom stereocenters. The van der Waals surface area contributed by atoms with Crippen molar-refractivity contribution in [3.8, 4) is 11.5 Å². The van der Waals surface area contributed by atoms with Gasteiger partial charge in [-0.05, 0) is 79.8 Å². The number of nitrogens with zero attached hydrogens (tertiary/aromatic N) is 2. The molecule has 5 heteroatoms. The van der Waals surface area contributed by atoms with E-state index in [0.717, 1.165) is 41.3 Å². The zero-order valence-corrected chi connectivity index (χ0v) is 20.5. The zero-order chi connectivity index (χ0) is 23.4. The summed E-state index contributed by atoms with van der Waals surface area (Å²) in [6.07, 6.45) is 0.663. The molecule has 3 aromatic carbocycles. The van der Waals surface area contributed by atoms with E-state index in [9.17, 15) is 0 Å². The van der Waals surface area contributed by atoms with Crippen molar-refractivity contribution in [2.24, 2.45) is 0 Å². The first-order chi connectivity index (χ1) is 15.9. The van der Waals surface area contributed by atoms with Gasteiger partial charge in [0.15, 0.2) is 11.9 Å². The first-order valence-corrected chi connectivity index (χ1v) is 11.9. The molecule has 0 saturated heterocycles. The van der Waals surface area contributed by atoms with Gasteiger partial charge in [0, 0.05) is 11.6 Å². The van der Waals surface area contributed by atoms with Crippen LogP contribution in [0, 0.1) is 6.92 Å². The molecule has 4 aromatic rings. The van der Waals surface area contributed by atoms with Crippen LogP contribution in [-0.2, 0) is 6.54 Å². The van der Waals surface area contributed by atoms with Crippen molar-refractivity contribution in [3.63, 3.8) is 0 Å². The summed E-state index contributed by atoms with van der Waals surface area (Å²) in [6.45, 7) is 9.97. The van der Waals surface area contributed by atoms with Crippen LogP contribution in [0.5, 0.6) is 11.5 Å². The SMILES string of the molecule is Cc1ccc(C(C)C)c(OCCCn2c(C(C)Oc3ccc(Cl)cc3)nc3ccccc32)c1. The van der Waals surface area contributed by atoms with E-state index in [1.807, 2.05) is 49.4 Å². The molecule has 0 aliphatic heterocycles. The van der Waals surface area contributed by atoms with Gasteiger partial charge in [-0.25, -0.2) is 4.98 Å². The number of hydrogen-bond donors (Lipinski definition) is 0. The van der Waals surface area contributed by atoms with Crippen LogP contribution in [0.4, 0.5) is 0 Å². The first kappa shape index (κ1) is 23.2. The Morgan fingerprint density at radius 3 is 2.48 bits per heavy atom. The topological polar surface area (TPSA) is 36.3 Å². The molecule has 0 spiro atoms. The molecule has 1 aromatic heterocycles. The molecule has 1 atom stereocenters. The fraction of sp³-hybridized carbons (Fsp3) is 0.321. The number of aryl methyl sites for hydroxylation is 2. The summed E-state index contributed by atoms with van der Waals surface area (Å²) in [5, 5.41) is 0.691. The average Bonchev–Trinajstić information content (AvgIpc) is 3.17. The van der Waals surface area contributed by atoms with E-state index in [0.29, 0.717) is 17.5 Å². The van der Waals surface area contributed by atoms with Gasteiger partial charge in [-0.2, -0.15) is 0 Å². The number of halogens is 1. The number of rotatable bonds is 9. The third kappa shape index (κ3) is 5.51. The van der Waals surface area contributed by atoms with E-state index in [1.165, 1.54) is 11.1 Å². The van der Waals surface area contributed by atoms with Crippen molar-refractivity contribution < 1.29 is 9.47 Å². The number of para-hydroxylation sites is 2. The second-order valence-corrected chi connectivity index (χ2v) is 9.16. The largest absolute Gasteiger partial charge is 0.493 e. The number of ether oxygens (including phenoxy) is 2. The van der Waals surface area contributed by atoms with Crippen LogP contribution >= 0.6 is 11.6 Å². The Morgan fingerprint density at radius 1 is 0.970 bits per heavy atom. The second-order valence-electron chi connectivity index (χ2n) is 8.72. The molecule has 0 amide bonds. The molecular weight excluding hydrogens is 432 g/mol. The summed E-state index contributed by atoms with van der Waals surface area (Å²) in [4.78, 5) is 4.88. The minimum absolute atomic E-state index is 0.205. The number of fused-ring (bicyclic) bond motifs is 1. The molecule has 172 valence electrons. The van der Waals surface area contributed by atoms with Gasteiger partial charge in [-0.15, -0.1) is 0 Å². The summed E-state index contributed by atoms with van der Waals surface area (Å²) >= 11 is 6.01. The number of benzene rings is 3. The Bertz CT molecular complexity index is 1210. The fourth-order valence-corrected chi connectivity index (χ4v) is 4.18. The molecule has 4 rings (SSSR count). The van der Waals surface area contributed by atoms with Crippen LogP contribution in [-0.4, -0.2) is 16.2 Å². The zero-order valence-electron chi connectivity index (χ0n) is 19.7. The number of aromatic nitrogens is 2. The first-order valence-electron chi connectivity index (χ1n) is 11.5. The van der Waals surface area contributed by atoms with Gasteiger partial charge in [0.1, 0.15) is 11.5 Å². The van der Waals surface area contributed by atoms with Crippen LogP contribution in [0.25, 0.3) is 11.0 Å². The molecule has 33 heavy (non-hydrogen) atoms. The average molecular weight is 463 g/mol. The molecule has 0 aliphatic carbocycles. The summed E-state index contributed by atoms with van der Waals surface area (Å²) in [6, 6.07) is 22.1. The summed E-state index contributed by atoms with van der Waals surface area (Å²) < 4.78 is 14.7. The van der Waals surface area contributed by atoms with Gasteiger partial charge in [0.25, 0.3) is 0 Å². The van der Waals surface area contributed by atoms with Crippen molar-refractivity contribution in [2.45, 2.75) is 52.7 Å². The maximum Gasteiger partial charge on any atom is 0.153 e. The van der Waals surface area contributed by atoms with Crippen molar-refractivity contribution in [2.75, 3.05) is 6.61 Å². The van der Waals surface area contributed by atoms with E-state index in [1.54, 1.807) is 0 Å². The highest BCUT2D eigenvalue weighted by Gasteiger charge is 2.18. The highest BCUT2D eigenvalue weighted by Crippen LogP contribution is 2.29. The monoisotopic (exact) mass is 462 g/mol. The molecule has 0 fully saturated rings. The van der Waals surface area contributed by atoms with E-state index in [-0.39, 0.29) is 6.10 Å². The Kier molecular flexibility index (Phi) is 7.24. The van der Waals surface area contributed by atoms with Gasteiger partial charge in [-0.3, -0.25) is 0 Å². The third-order valence-electron chi connectivity index (χ3n) is 5.75. The maximum absolute atomic E-state index is 6.22. The number of hydrogen-bond acceptors (Lipinski definition) is 3. The molecular formula is C28H31ClN2O2. The van der Waals surface area contributed by atoms with E-state index >= 15 is 0 Å². The van der Waals surface area contributed by atoms with Crippen LogP contribution in [0.2, 0.25) is 5.02 Å². The molecule has 0 saturated carbocycles. The van der Waals surface area contributed by atoms with Crippen molar-refractivity contribution in [1.82, 2.24) is 9.55 Å². The third-order valence-corrected chi connectivity index (χ3v) is 6.00. The molecule has 0 aliphatic rings. The van der Waals surface area contributed by atoms with Crippen molar-refractivity contribution >= 4 is 22.6 Å². The summed E-state index contributed by atoms with van der Waals surface area (Å²) in [5.41, 5.74) is 4.54. The van der Waals surface area contributed by atoms with Crippen LogP contribution in [0.15, 0.2) is 66.7 Å². The highest BCUT2D eigenvalue weighted by atomic mass is 35.5. The minimum atomic E-state index is -0.205. The highest BCUT2D eigenvalue weighted by molar-refractivity contribution is 6.30. The van der Waals surface area contributed by atoms with Gasteiger partial charge in [0.05, 0.1) is 17.6 Å². The number of imidazole rings is 1. The Hall–Kier alpha value is -2.98. The lowest BCUT2D eigenvalue weighted by molar-refractivity contribution is 0.210. The predicted molar refractivity (Wildman–Crippen MR) is 136 cm³/mol. The standard InChI is InChI=1S/C28H31ClN2O2/c1-19(2)24-15-10-20(3)18-27(24)32-17-7-16-31-26-9-6-5-8-25(26)30-28(31)21(4)33-23-13-11-22(29)12-14-23/h5-6,8-15,18-19,21H,7,16-17H2,1-4H3. The lowest BCUT2D eigenvalue weighted by atomic mass is 10.0. The molecule has 1 heterocycles. The lowest BCUT2D eigenvalue weighted by Crippen LogP contribution is -2.14. The molecule has 0 N–H and O–H groups in total. The van der Waals surface area contributed by atoms with Gasteiger partial charge >= 0.3 is 0 Å². The van der Waals surface area contributed by atoms with Crippen molar-refractivity contribution in [1.29, 1.82) is 0 Å². The Balaban J connectivity index is 1.49. The predicted octanol–water partition coefficient (Wildman–Crippen LogP) is 7.73. The second kappa shape index (κ2) is 10.3. The van der Waals surface area contributed by atoms with Crippen LogP contribution in [0.3, 0.4) is 0 Å². The molecule has 0 bridgehead atoms. The summed E-state index contributed by atoms with van der Waals surface area (Å²) in [7, 11) is 0. The quantitative estimate of drug-likeness (QED) is 0.239. The van der Waals surface area contributed by atoms with Crippen LogP contribution in [0.1, 0.15) is 56.2 Å². The Labute approximate surface area is 201 Å². The summed E-state index contributed by atoms with van der Waals surface area (Å²) in [5.74, 6) is 3.09. The molecule has 4 nitrogen and oxygen atoms in total. The van der Waals surface area contributed by atoms with E-state index in [4.69, 9.17) is 26.1 Å². The van der Waals surface area contributed by atoms with Gasteiger partial charge < -0.3 is 14.0 Å². The smallest absolute Gasteiger partial charge is 0.153 e. The van der Waals surface area contributed by atoms with E-state index < -0.39 is 0 Å². The van der Waals surface area contributed by atoms with Crippen LogP contribution < -0.4 is 9.47 Å². The van der Waals surface area contributed by atoms with Gasteiger partial charge in [-0.1, -0.05) is 49.7 Å². The van der Waals surface area contributed by atoms with E-state index in [2.05, 4.69) is 49.6 Å². The normalized spacial score (nSPS) is 12.3. The van der Waals surface area contributed by atoms with Crippen molar-refractivity contribution in [3.05, 3.63) is 88.7 Å². The fourth-order valence-electron chi connectivity index (χ4n) is 4.06. The Morgan fingerprint density at radius 2 is 1.73 bits per heavy atom. The minimum Gasteiger partial charge on any atom is -0.493 e. The van der Waals surface area contributed by atoms with Gasteiger partial charge in [0.2, 0.25) is 0 Å². The maximum atomic E-state index is 6.22. The lowest BCUT2D eigenvalue weighted by Gasteiger charge is -2.18.